The highest BCUT2D eigenvalue weighted by molar-refractivity contribution is 5.44. The highest BCUT2D eigenvalue weighted by Crippen LogP contribution is 2.41. The molecule has 0 N–H and O–H groups in total. The minimum atomic E-state index is 0.0267. The van der Waals surface area contributed by atoms with Gasteiger partial charge in [0.2, 0.25) is 0 Å². The van der Waals surface area contributed by atoms with Gasteiger partial charge in [0.1, 0.15) is 12.1 Å². The van der Waals surface area contributed by atoms with Crippen LogP contribution in [0.5, 0.6) is 0 Å². The standard InChI is InChI=1S/C20H25N3/c1-4-7-14-23-20-18-11-9-8-10-16(18)13-12-15(5-2)17(6-3)19(20)21-22-23/h5-6,8-11,19-20H,2-4,7,12-14H2,1H3/b17-15-. The monoisotopic (exact) mass is 307 g/mol. The van der Waals surface area contributed by atoms with Crippen molar-refractivity contribution in [3.63, 3.8) is 0 Å². The van der Waals surface area contributed by atoms with Gasteiger partial charge in [-0.05, 0) is 41.5 Å². The number of fused-ring (bicyclic) bond motifs is 3. The first-order valence-corrected chi connectivity index (χ1v) is 8.53. The third-order valence-electron chi connectivity index (χ3n) is 4.85. The lowest BCUT2D eigenvalue weighted by atomic mass is 9.83. The molecule has 0 radical (unpaired) electrons. The molecule has 0 amide bonds. The van der Waals surface area contributed by atoms with E-state index < -0.39 is 0 Å². The molecule has 3 rings (SSSR count). The molecule has 0 fully saturated rings. The molecule has 0 saturated carbocycles. The molecule has 2 unspecified atom stereocenters. The van der Waals surface area contributed by atoms with Crippen molar-refractivity contribution >= 4 is 0 Å². The van der Waals surface area contributed by atoms with Crippen LogP contribution in [-0.4, -0.2) is 17.6 Å². The van der Waals surface area contributed by atoms with Crippen LogP contribution in [0.15, 0.2) is 71.1 Å². The van der Waals surface area contributed by atoms with E-state index in [0.29, 0.717) is 0 Å². The molecule has 0 saturated heterocycles. The van der Waals surface area contributed by atoms with Crippen LogP contribution < -0.4 is 0 Å². The summed E-state index contributed by atoms with van der Waals surface area (Å²) in [5, 5.41) is 11.3. The first-order valence-electron chi connectivity index (χ1n) is 8.53. The van der Waals surface area contributed by atoms with Gasteiger partial charge in [-0.3, -0.25) is 5.01 Å². The lowest BCUT2D eigenvalue weighted by Crippen LogP contribution is -2.30. The second-order valence-electron chi connectivity index (χ2n) is 6.20. The Morgan fingerprint density at radius 3 is 2.78 bits per heavy atom. The summed E-state index contributed by atoms with van der Waals surface area (Å²) in [5.74, 6) is 0. The molecule has 3 nitrogen and oxygen atoms in total. The van der Waals surface area contributed by atoms with Crippen LogP contribution in [0.1, 0.15) is 43.4 Å². The van der Waals surface area contributed by atoms with Gasteiger partial charge in [0, 0.05) is 6.54 Å². The fourth-order valence-electron chi connectivity index (χ4n) is 3.60. The largest absolute Gasteiger partial charge is 0.269 e. The fraction of sp³-hybridized carbons (Fsp3) is 0.400. The number of rotatable bonds is 5. The van der Waals surface area contributed by atoms with E-state index in [1.165, 1.54) is 22.3 Å². The van der Waals surface area contributed by atoms with Crippen LogP contribution in [-0.2, 0) is 6.42 Å². The second-order valence-corrected chi connectivity index (χ2v) is 6.20. The molecule has 0 aromatic heterocycles. The first kappa shape index (κ1) is 15.7. The Morgan fingerprint density at radius 1 is 1.22 bits per heavy atom. The van der Waals surface area contributed by atoms with Gasteiger partial charge in [-0.2, -0.15) is 5.11 Å². The van der Waals surface area contributed by atoms with Crippen LogP contribution >= 0.6 is 0 Å². The molecule has 1 aliphatic heterocycles. The Balaban J connectivity index is 2.08. The van der Waals surface area contributed by atoms with Crippen molar-refractivity contribution in [1.82, 2.24) is 5.01 Å². The maximum absolute atomic E-state index is 4.62. The van der Waals surface area contributed by atoms with Crippen molar-refractivity contribution in [2.24, 2.45) is 10.3 Å². The fourth-order valence-corrected chi connectivity index (χ4v) is 3.60. The number of allylic oxidation sites excluding steroid dienone is 2. The van der Waals surface area contributed by atoms with Crippen LogP contribution in [0, 0.1) is 0 Å². The van der Waals surface area contributed by atoms with Crippen LogP contribution in [0.2, 0.25) is 0 Å². The molecule has 1 heterocycles. The van der Waals surface area contributed by atoms with E-state index in [4.69, 9.17) is 0 Å². The third-order valence-corrected chi connectivity index (χ3v) is 4.85. The van der Waals surface area contributed by atoms with Crippen molar-refractivity contribution < 1.29 is 0 Å². The molecule has 1 aromatic carbocycles. The maximum atomic E-state index is 4.62. The van der Waals surface area contributed by atoms with Gasteiger partial charge < -0.3 is 0 Å². The Morgan fingerprint density at radius 2 is 2.04 bits per heavy atom. The molecule has 2 atom stereocenters. The highest BCUT2D eigenvalue weighted by Gasteiger charge is 2.38. The zero-order valence-corrected chi connectivity index (χ0v) is 13.9. The Bertz CT molecular complexity index is 657. The zero-order valence-electron chi connectivity index (χ0n) is 13.9. The molecule has 0 bridgehead atoms. The van der Waals surface area contributed by atoms with Crippen LogP contribution in [0.4, 0.5) is 0 Å². The lowest BCUT2D eigenvalue weighted by Gasteiger charge is -2.31. The van der Waals surface area contributed by atoms with Crippen LogP contribution in [0.3, 0.4) is 0 Å². The van der Waals surface area contributed by atoms with E-state index in [9.17, 15) is 0 Å². The van der Waals surface area contributed by atoms with Crippen molar-refractivity contribution in [2.45, 2.75) is 44.7 Å². The summed E-state index contributed by atoms with van der Waals surface area (Å²) in [6.07, 6.45) is 8.21. The Hall–Kier alpha value is -2.16. The lowest BCUT2D eigenvalue weighted by molar-refractivity contribution is 0.223. The average molecular weight is 307 g/mol. The van der Waals surface area contributed by atoms with E-state index in [0.717, 1.165) is 32.2 Å². The Kier molecular flexibility index (Phi) is 4.75. The minimum absolute atomic E-state index is 0.0267. The molecule has 0 spiro atoms. The SMILES string of the molecule is C=C/C1=C(\C=C)C2N=NN(CCCC)C2c2ccccc2CC1. The summed E-state index contributed by atoms with van der Waals surface area (Å²) < 4.78 is 0. The number of benzene rings is 1. The number of nitrogens with zero attached hydrogens (tertiary/aromatic N) is 3. The molecular weight excluding hydrogens is 282 g/mol. The van der Waals surface area contributed by atoms with E-state index in [2.05, 4.69) is 59.7 Å². The summed E-state index contributed by atoms with van der Waals surface area (Å²) in [6.45, 7) is 11.2. The predicted octanol–water partition coefficient (Wildman–Crippen LogP) is 5.19. The Labute approximate surface area is 139 Å². The average Bonchev–Trinajstić information content (AvgIpc) is 2.98. The van der Waals surface area contributed by atoms with Crippen molar-refractivity contribution in [3.05, 3.63) is 71.8 Å². The van der Waals surface area contributed by atoms with Gasteiger partial charge in [0.05, 0.1) is 0 Å². The van der Waals surface area contributed by atoms with E-state index in [1.54, 1.807) is 0 Å². The van der Waals surface area contributed by atoms with Crippen molar-refractivity contribution in [1.29, 1.82) is 0 Å². The van der Waals surface area contributed by atoms with Crippen molar-refractivity contribution in [3.8, 4) is 0 Å². The van der Waals surface area contributed by atoms with Gasteiger partial charge >= 0.3 is 0 Å². The van der Waals surface area contributed by atoms with Gasteiger partial charge in [0.15, 0.2) is 0 Å². The van der Waals surface area contributed by atoms with E-state index in [1.807, 2.05) is 12.2 Å². The van der Waals surface area contributed by atoms with E-state index >= 15 is 0 Å². The summed E-state index contributed by atoms with van der Waals surface area (Å²) in [6, 6.07) is 8.93. The van der Waals surface area contributed by atoms with Crippen molar-refractivity contribution in [2.75, 3.05) is 6.54 Å². The van der Waals surface area contributed by atoms with E-state index in [-0.39, 0.29) is 12.1 Å². The number of hydrogen-bond acceptors (Lipinski definition) is 3. The summed E-state index contributed by atoms with van der Waals surface area (Å²) in [7, 11) is 0. The van der Waals surface area contributed by atoms with Gasteiger partial charge in [-0.1, -0.05) is 68.1 Å². The predicted molar refractivity (Wildman–Crippen MR) is 95.2 cm³/mol. The molecule has 23 heavy (non-hydrogen) atoms. The van der Waals surface area contributed by atoms with Crippen LogP contribution in [0.25, 0.3) is 0 Å². The molecule has 120 valence electrons. The third kappa shape index (κ3) is 2.88. The smallest absolute Gasteiger partial charge is 0.124 e. The van der Waals surface area contributed by atoms with Gasteiger partial charge in [-0.15, -0.1) is 0 Å². The number of aryl methyl sites for hydroxylation is 1. The van der Waals surface area contributed by atoms with Gasteiger partial charge in [-0.25, -0.2) is 0 Å². The number of unbranched alkanes of at least 4 members (excludes halogenated alkanes) is 1. The zero-order chi connectivity index (χ0) is 16.2. The minimum Gasteiger partial charge on any atom is -0.269 e. The molecule has 1 aliphatic carbocycles. The first-order chi connectivity index (χ1) is 11.3. The normalized spacial score (nSPS) is 26.2. The molecule has 3 heteroatoms. The summed E-state index contributed by atoms with van der Waals surface area (Å²) in [5.41, 5.74) is 5.20. The maximum Gasteiger partial charge on any atom is 0.124 e. The van der Waals surface area contributed by atoms with Gasteiger partial charge in [0.25, 0.3) is 0 Å². The second kappa shape index (κ2) is 6.95. The summed E-state index contributed by atoms with van der Waals surface area (Å²) in [4.78, 5) is 0. The number of hydrogen-bond donors (Lipinski definition) is 0. The topological polar surface area (TPSA) is 28.0 Å². The highest BCUT2D eigenvalue weighted by atomic mass is 15.6. The summed E-state index contributed by atoms with van der Waals surface area (Å²) >= 11 is 0. The molecule has 2 aliphatic rings. The molecule has 1 aromatic rings. The quantitative estimate of drug-likeness (QED) is 0.735. The molecular formula is C20H25N3.